The zero-order valence-electron chi connectivity index (χ0n) is 42.6. The highest BCUT2D eigenvalue weighted by molar-refractivity contribution is 6.39. The quantitative estimate of drug-likeness (QED) is 0.146. The number of likely N-dealkylation sites (N-methyl/N-ethyl adjacent to an activating group) is 1. The van der Waals surface area contributed by atoms with Gasteiger partial charge in [-0.25, -0.2) is 4.79 Å². The van der Waals surface area contributed by atoms with Crippen molar-refractivity contribution in [1.82, 2.24) is 9.47 Å². The van der Waals surface area contributed by atoms with Gasteiger partial charge in [0.25, 0.3) is 11.7 Å². The van der Waals surface area contributed by atoms with Crippen molar-refractivity contribution in [1.29, 1.82) is 0 Å². The molecule has 2 saturated carbocycles. The predicted octanol–water partition coefficient (Wildman–Crippen LogP) is 8.94. The largest absolute Gasteiger partial charge is 0.456 e. The van der Waals surface area contributed by atoms with Crippen molar-refractivity contribution in [2.24, 2.45) is 29.6 Å². The van der Waals surface area contributed by atoms with E-state index in [1.165, 1.54) is 34.3 Å². The molecule has 0 spiro atoms. The topological polar surface area (TPSA) is 146 Å². The molecule has 13 heteroatoms. The lowest BCUT2D eigenvalue weighted by molar-refractivity contribution is -0.302. The molecule has 2 aliphatic carbocycles. The molecule has 0 radical (unpaired) electrons. The summed E-state index contributed by atoms with van der Waals surface area (Å²) in [7, 11) is 7.08. The molecule has 13 atom stereocenters. The Hall–Kier alpha value is -3.88. The van der Waals surface area contributed by atoms with Gasteiger partial charge in [0.2, 0.25) is 5.79 Å². The number of hydrogen-bond donors (Lipinski definition) is 1. The van der Waals surface area contributed by atoms with E-state index in [0.29, 0.717) is 57.4 Å². The number of aliphatic hydroxyl groups is 1. The summed E-state index contributed by atoms with van der Waals surface area (Å²) in [5, 5.41) is 13.4. The zero-order chi connectivity index (χ0) is 49.0. The summed E-state index contributed by atoms with van der Waals surface area (Å²) in [5.74, 6) is -6.03. The van der Waals surface area contributed by atoms with E-state index in [1.807, 2.05) is 20.8 Å². The lowest BCUT2D eigenvalue weighted by Crippen LogP contribution is -2.64. The zero-order valence-corrected chi connectivity index (χ0v) is 42.6. The Bertz CT molecular complexity index is 2160. The molecular weight excluding hydrogens is 863 g/mol. The highest BCUT2D eigenvalue weighted by Gasteiger charge is 2.56. The van der Waals surface area contributed by atoms with Crippen LogP contribution in [0.25, 0.3) is 10.9 Å². The van der Waals surface area contributed by atoms with Gasteiger partial charge in [-0.2, -0.15) is 0 Å². The van der Waals surface area contributed by atoms with Crippen molar-refractivity contribution in [2.75, 3.05) is 39.8 Å². The maximum Gasteiger partial charge on any atom is 0.329 e. The van der Waals surface area contributed by atoms with E-state index in [4.69, 9.17) is 23.7 Å². The smallest absolute Gasteiger partial charge is 0.329 e. The lowest BCUT2D eigenvalue weighted by Gasteiger charge is -2.47. The first-order valence-corrected chi connectivity index (χ1v) is 25.8. The number of benzene rings is 1. The van der Waals surface area contributed by atoms with E-state index in [2.05, 4.69) is 73.0 Å². The Morgan fingerprint density at radius 1 is 0.912 bits per heavy atom. The number of piperidine rings is 1. The van der Waals surface area contributed by atoms with Crippen LogP contribution in [-0.2, 0) is 42.9 Å². The van der Waals surface area contributed by atoms with Crippen molar-refractivity contribution in [2.45, 2.75) is 186 Å². The molecule has 13 nitrogen and oxygen atoms in total. The van der Waals surface area contributed by atoms with Crippen LogP contribution < -0.4 is 4.90 Å². The summed E-state index contributed by atoms with van der Waals surface area (Å²) in [4.78, 5) is 61.1. The molecule has 7 rings (SSSR count). The van der Waals surface area contributed by atoms with E-state index in [9.17, 15) is 24.3 Å². The van der Waals surface area contributed by atoms with Crippen molar-refractivity contribution in [3.63, 3.8) is 0 Å². The van der Waals surface area contributed by atoms with Gasteiger partial charge >= 0.3 is 5.97 Å². The Balaban J connectivity index is 1.15. The monoisotopic (exact) mass is 944 g/mol. The number of carbonyl (C=O) groups is 4. The van der Waals surface area contributed by atoms with Crippen LogP contribution >= 0.6 is 0 Å². The summed E-state index contributed by atoms with van der Waals surface area (Å²) >= 11 is 0. The minimum absolute atomic E-state index is 0.0400. The fourth-order valence-corrected chi connectivity index (χ4v) is 12.1. The predicted molar refractivity (Wildman–Crippen MR) is 263 cm³/mol. The third-order valence-corrected chi connectivity index (χ3v) is 16.3. The Kier molecular flexibility index (Phi) is 17.2. The van der Waals surface area contributed by atoms with Crippen LogP contribution in [0.15, 0.2) is 53.8 Å². The summed E-state index contributed by atoms with van der Waals surface area (Å²) in [6, 6.07) is 8.73. The number of hydrogen-bond acceptors (Lipinski definition) is 11. The normalized spacial score (nSPS) is 36.4. The number of nitrogens with zero attached hydrogens (tertiary/aromatic N) is 3. The van der Waals surface area contributed by atoms with Crippen molar-refractivity contribution >= 4 is 40.0 Å². The van der Waals surface area contributed by atoms with Crippen LogP contribution in [0.2, 0.25) is 0 Å². The SMILES string of the molecule is CCC1/C=C(\C)CC(C)CC(OC)C2OC(O)(C(=O)C(=O)N3CCCCC3C(=O)OC(C(C)=CC3CCC(N(C)c4ccc5c(ccn5C5CC5)c4)C(OC)C3)C(C)CCC1=O)C(C)CC2OC. The van der Waals surface area contributed by atoms with Gasteiger partial charge in [0.1, 0.15) is 24.0 Å². The van der Waals surface area contributed by atoms with Crippen LogP contribution in [0.1, 0.15) is 137 Å². The average molecular weight is 944 g/mol. The first-order valence-electron chi connectivity index (χ1n) is 25.8. The van der Waals surface area contributed by atoms with E-state index < -0.39 is 59.8 Å². The number of aromatic nitrogens is 1. The van der Waals surface area contributed by atoms with Crippen LogP contribution in [0.3, 0.4) is 0 Å². The first kappa shape index (κ1) is 52.0. The van der Waals surface area contributed by atoms with Gasteiger partial charge in [-0.15, -0.1) is 0 Å². The molecule has 4 heterocycles. The van der Waals surface area contributed by atoms with Crippen LogP contribution in [0.5, 0.6) is 0 Å². The standard InChI is InChI=1S/C55H81N3O10/c1-11-39-27-33(2)26-34(3)28-48(65-9)51-49(66-10)30-37(6)55(63,68-51)52(60)53(61)58-24-13-12-14-45(58)54(62)67-50(35(4)15-22-46(39)59)36(5)29-38-16-20-44(47(31-38)64-8)56(7)42-19-21-43-40(32-42)23-25-57(43)41-17-18-41/h19,21,23,25,27,29,32,34-35,37-39,41,44-45,47-51,63H,11-18,20,22,24,26,28,30-31H2,1-10H3/b33-27+,36-29?. The van der Waals surface area contributed by atoms with Gasteiger partial charge in [-0.3, -0.25) is 14.4 Å². The molecule has 1 aromatic heterocycles. The Labute approximate surface area is 405 Å². The third kappa shape index (κ3) is 11.3. The second-order valence-corrected chi connectivity index (χ2v) is 21.3. The van der Waals surface area contributed by atoms with E-state index in [-0.39, 0.29) is 54.6 Å². The second-order valence-electron chi connectivity index (χ2n) is 21.3. The maximum atomic E-state index is 14.6. The highest BCUT2D eigenvalue weighted by Crippen LogP contribution is 2.41. The fourth-order valence-electron chi connectivity index (χ4n) is 12.1. The molecule has 13 unspecified atom stereocenters. The number of anilines is 1. The number of esters is 1. The average Bonchev–Trinajstić information content (AvgIpc) is 4.10. The third-order valence-electron chi connectivity index (χ3n) is 16.3. The number of cyclic esters (lactones) is 1. The molecule has 2 bridgehead atoms. The van der Waals surface area contributed by atoms with Crippen LogP contribution in [0.4, 0.5) is 5.69 Å². The molecule has 5 aliphatic rings. The molecular formula is C55H81N3O10. The molecule has 4 fully saturated rings. The minimum Gasteiger partial charge on any atom is -0.456 e. The van der Waals surface area contributed by atoms with Crippen LogP contribution in [0, 0.1) is 29.6 Å². The van der Waals surface area contributed by atoms with Crippen molar-refractivity contribution in [3.05, 3.63) is 53.8 Å². The molecule has 1 aromatic carbocycles. The molecule has 68 heavy (non-hydrogen) atoms. The summed E-state index contributed by atoms with van der Waals surface area (Å²) in [6.07, 6.45) is 13.5. The second kappa shape index (κ2) is 22.5. The number of Topliss-reactive ketones (excluding diaryl/α,β-unsaturated/α-hetero) is 2. The number of rotatable bonds is 9. The number of amides is 1. The number of methoxy groups -OCH3 is 3. The number of fused-ring (bicyclic) bond motifs is 4. The number of ether oxygens (including phenoxy) is 5. The van der Waals surface area contributed by atoms with Gasteiger partial charge in [0.05, 0.1) is 24.4 Å². The molecule has 376 valence electrons. The van der Waals surface area contributed by atoms with E-state index in [1.54, 1.807) is 28.3 Å². The molecule has 1 N–H and O–H groups in total. The van der Waals surface area contributed by atoms with Crippen molar-refractivity contribution < 1.29 is 48.0 Å². The molecule has 2 aromatic rings. The number of allylic oxidation sites excluding steroid dienone is 3. The van der Waals surface area contributed by atoms with Crippen LogP contribution in [-0.4, -0.2) is 121 Å². The fraction of sp³-hybridized carbons (Fsp3) is 0.709. The van der Waals surface area contributed by atoms with Crippen molar-refractivity contribution in [3.8, 4) is 0 Å². The van der Waals surface area contributed by atoms with Gasteiger partial charge in [0, 0.05) is 82.0 Å². The molecule has 3 aliphatic heterocycles. The molecule has 2 saturated heterocycles. The molecule has 1 amide bonds. The van der Waals surface area contributed by atoms with Gasteiger partial charge < -0.3 is 43.2 Å². The summed E-state index contributed by atoms with van der Waals surface area (Å²) in [5.41, 5.74) is 4.42. The summed E-state index contributed by atoms with van der Waals surface area (Å²) in [6.45, 7) is 12.1. The number of carbonyl (C=O) groups excluding carboxylic acids is 4. The van der Waals surface area contributed by atoms with E-state index >= 15 is 0 Å². The Morgan fingerprint density at radius 3 is 2.32 bits per heavy atom. The summed E-state index contributed by atoms with van der Waals surface area (Å²) < 4.78 is 33.3. The minimum atomic E-state index is -2.47. The van der Waals surface area contributed by atoms with Gasteiger partial charge in [-0.1, -0.05) is 45.4 Å². The lowest BCUT2D eigenvalue weighted by atomic mass is 9.80. The van der Waals surface area contributed by atoms with Gasteiger partial charge in [-0.05, 0) is 145 Å². The first-order chi connectivity index (χ1) is 32.5. The van der Waals surface area contributed by atoms with Gasteiger partial charge in [0.15, 0.2) is 0 Å². The highest BCUT2D eigenvalue weighted by atomic mass is 16.7. The maximum absolute atomic E-state index is 14.6. The number of ketones is 2. The Morgan fingerprint density at radius 2 is 1.63 bits per heavy atom. The van der Waals surface area contributed by atoms with E-state index in [0.717, 1.165) is 30.4 Å².